The summed E-state index contributed by atoms with van der Waals surface area (Å²) in [5.74, 6) is 0.242. The first kappa shape index (κ1) is 12.2. The Kier molecular flexibility index (Phi) is 2.81. The number of benzene rings is 1. The molecule has 1 aromatic carbocycles. The third-order valence-corrected chi connectivity index (χ3v) is 4.12. The van der Waals surface area contributed by atoms with Gasteiger partial charge in [0.05, 0.1) is 11.6 Å². The van der Waals surface area contributed by atoms with Crippen LogP contribution in [0.15, 0.2) is 30.3 Å². The number of nitrogens with one attached hydrogen (secondary N) is 2. The highest BCUT2D eigenvalue weighted by Crippen LogP contribution is 2.34. The Balaban J connectivity index is 1.84. The Labute approximate surface area is 112 Å². The topological polar surface area (TPSA) is 58.2 Å². The van der Waals surface area contributed by atoms with E-state index in [-0.39, 0.29) is 23.8 Å². The van der Waals surface area contributed by atoms with Crippen molar-refractivity contribution in [2.75, 3.05) is 0 Å². The number of hydrogen-bond donors (Lipinski definition) is 2. The Morgan fingerprint density at radius 1 is 1.32 bits per heavy atom. The first-order chi connectivity index (χ1) is 9.09. The van der Waals surface area contributed by atoms with Gasteiger partial charge in [-0.15, -0.1) is 0 Å². The summed E-state index contributed by atoms with van der Waals surface area (Å²) in [6.45, 7) is 1.98. The van der Waals surface area contributed by atoms with Gasteiger partial charge in [0.1, 0.15) is 0 Å². The molecule has 1 saturated carbocycles. The lowest BCUT2D eigenvalue weighted by atomic mass is 9.86. The molecule has 1 aliphatic heterocycles. The number of carbonyl (C=O) groups excluding carboxylic acids is 2. The highest BCUT2D eigenvalue weighted by Gasteiger charge is 2.46. The molecule has 1 aromatic rings. The fraction of sp³-hybridized carbons (Fsp3) is 0.467. The molecule has 4 heteroatoms. The van der Waals surface area contributed by atoms with Gasteiger partial charge in [-0.1, -0.05) is 30.3 Å². The Morgan fingerprint density at radius 2 is 2.00 bits per heavy atom. The molecule has 2 aliphatic rings. The van der Waals surface area contributed by atoms with Crippen LogP contribution in [0, 0.1) is 5.92 Å². The highest BCUT2D eigenvalue weighted by molar-refractivity contribution is 5.85. The molecule has 4 nitrogen and oxygen atoms in total. The van der Waals surface area contributed by atoms with Crippen LogP contribution >= 0.6 is 0 Å². The molecule has 2 N–H and O–H groups in total. The van der Waals surface area contributed by atoms with Crippen LogP contribution in [0.4, 0.5) is 0 Å². The summed E-state index contributed by atoms with van der Waals surface area (Å²) < 4.78 is 0. The predicted octanol–water partition coefficient (Wildman–Crippen LogP) is 1.32. The van der Waals surface area contributed by atoms with E-state index < -0.39 is 5.54 Å². The normalized spacial score (nSPS) is 29.9. The molecule has 2 atom stereocenters. The molecular formula is C15H18N2O2. The molecule has 0 spiro atoms. The molecule has 0 unspecified atom stereocenters. The summed E-state index contributed by atoms with van der Waals surface area (Å²) in [6, 6.07) is 9.65. The molecular weight excluding hydrogens is 240 g/mol. The molecule has 3 rings (SSSR count). The van der Waals surface area contributed by atoms with E-state index in [9.17, 15) is 9.59 Å². The minimum absolute atomic E-state index is 0.00699. The summed E-state index contributed by atoms with van der Waals surface area (Å²) >= 11 is 0. The quantitative estimate of drug-likeness (QED) is 0.859. The van der Waals surface area contributed by atoms with E-state index >= 15 is 0 Å². The highest BCUT2D eigenvalue weighted by atomic mass is 16.2. The van der Waals surface area contributed by atoms with Crippen LogP contribution in [-0.4, -0.2) is 17.9 Å². The zero-order valence-corrected chi connectivity index (χ0v) is 11.0. The molecule has 0 radical (unpaired) electrons. The van der Waals surface area contributed by atoms with Crippen molar-refractivity contribution >= 4 is 11.8 Å². The smallest absolute Gasteiger partial charge is 0.223 e. The van der Waals surface area contributed by atoms with E-state index in [1.54, 1.807) is 0 Å². The van der Waals surface area contributed by atoms with Gasteiger partial charge in [0.15, 0.2) is 0 Å². The van der Waals surface area contributed by atoms with Crippen molar-refractivity contribution in [3.63, 3.8) is 0 Å². The van der Waals surface area contributed by atoms with Crippen molar-refractivity contribution in [2.24, 2.45) is 5.92 Å². The van der Waals surface area contributed by atoms with Gasteiger partial charge in [-0.2, -0.15) is 0 Å². The lowest BCUT2D eigenvalue weighted by Crippen LogP contribution is -2.51. The summed E-state index contributed by atoms with van der Waals surface area (Å²) in [6.07, 6.45) is 2.30. The van der Waals surface area contributed by atoms with Crippen molar-refractivity contribution in [3.05, 3.63) is 35.9 Å². The average Bonchev–Trinajstić information content (AvgIpc) is 3.19. The average molecular weight is 258 g/mol. The van der Waals surface area contributed by atoms with Gasteiger partial charge in [0.25, 0.3) is 0 Å². The number of amides is 2. The maximum absolute atomic E-state index is 11.9. The van der Waals surface area contributed by atoms with Crippen LogP contribution in [0.2, 0.25) is 0 Å². The van der Waals surface area contributed by atoms with Gasteiger partial charge in [0.2, 0.25) is 11.8 Å². The maximum Gasteiger partial charge on any atom is 0.223 e. The van der Waals surface area contributed by atoms with E-state index in [0.29, 0.717) is 6.42 Å². The SMILES string of the molecule is C[C@@]1(c2ccccc2)NC(=O)C[C@H]1NC(=O)C1CC1. The zero-order valence-electron chi connectivity index (χ0n) is 11.0. The first-order valence-corrected chi connectivity index (χ1v) is 6.76. The first-order valence-electron chi connectivity index (χ1n) is 6.76. The molecule has 1 heterocycles. The second-order valence-electron chi connectivity index (χ2n) is 5.66. The Bertz CT molecular complexity index is 510. The maximum atomic E-state index is 11.9. The van der Waals surface area contributed by atoms with Crippen molar-refractivity contribution in [1.29, 1.82) is 0 Å². The minimum atomic E-state index is -0.511. The predicted molar refractivity (Wildman–Crippen MR) is 71.2 cm³/mol. The van der Waals surface area contributed by atoms with Gasteiger partial charge in [-0.05, 0) is 25.3 Å². The van der Waals surface area contributed by atoms with Crippen molar-refractivity contribution < 1.29 is 9.59 Å². The summed E-state index contributed by atoms with van der Waals surface area (Å²) in [5.41, 5.74) is 0.519. The lowest BCUT2D eigenvalue weighted by Gasteiger charge is -2.32. The molecule has 2 fully saturated rings. The minimum Gasteiger partial charge on any atom is -0.350 e. The number of rotatable bonds is 3. The van der Waals surface area contributed by atoms with E-state index in [2.05, 4.69) is 10.6 Å². The fourth-order valence-corrected chi connectivity index (χ4v) is 2.71. The monoisotopic (exact) mass is 258 g/mol. The summed E-state index contributed by atoms with van der Waals surface area (Å²) in [4.78, 5) is 23.7. The van der Waals surface area contributed by atoms with E-state index in [1.807, 2.05) is 37.3 Å². The van der Waals surface area contributed by atoms with Crippen LogP contribution in [0.25, 0.3) is 0 Å². The Hall–Kier alpha value is -1.84. The molecule has 19 heavy (non-hydrogen) atoms. The van der Waals surface area contributed by atoms with Crippen molar-refractivity contribution in [1.82, 2.24) is 10.6 Å². The molecule has 1 aliphatic carbocycles. The van der Waals surface area contributed by atoms with Crippen LogP contribution in [0.3, 0.4) is 0 Å². The zero-order chi connectivity index (χ0) is 13.5. The molecule has 100 valence electrons. The van der Waals surface area contributed by atoms with Crippen molar-refractivity contribution in [3.8, 4) is 0 Å². The second kappa shape index (κ2) is 4.37. The van der Waals surface area contributed by atoms with Crippen molar-refractivity contribution in [2.45, 2.75) is 37.8 Å². The van der Waals surface area contributed by atoms with Gasteiger partial charge < -0.3 is 10.6 Å². The van der Waals surface area contributed by atoms with E-state index in [4.69, 9.17) is 0 Å². The van der Waals surface area contributed by atoms with E-state index in [1.165, 1.54) is 0 Å². The third kappa shape index (κ3) is 2.23. The third-order valence-electron chi connectivity index (χ3n) is 4.12. The largest absolute Gasteiger partial charge is 0.350 e. The second-order valence-corrected chi connectivity index (χ2v) is 5.66. The standard InChI is InChI=1S/C15H18N2O2/c1-15(11-5-3-2-4-6-11)12(9-13(18)17-15)16-14(19)10-7-8-10/h2-6,10,12H,7-9H2,1H3,(H,16,19)(H,17,18)/t12-,15+/m1/s1. The number of hydrogen-bond acceptors (Lipinski definition) is 2. The van der Waals surface area contributed by atoms with Crippen LogP contribution < -0.4 is 10.6 Å². The fourth-order valence-electron chi connectivity index (χ4n) is 2.71. The molecule has 0 bridgehead atoms. The molecule has 1 saturated heterocycles. The van der Waals surface area contributed by atoms with Gasteiger partial charge in [-0.3, -0.25) is 9.59 Å². The molecule has 2 amide bonds. The summed E-state index contributed by atoms with van der Waals surface area (Å²) in [7, 11) is 0. The molecule has 0 aromatic heterocycles. The van der Waals surface area contributed by atoms with E-state index in [0.717, 1.165) is 18.4 Å². The van der Waals surface area contributed by atoms with Gasteiger partial charge in [0, 0.05) is 12.3 Å². The van der Waals surface area contributed by atoms with Crippen LogP contribution in [0.5, 0.6) is 0 Å². The number of carbonyl (C=O) groups is 2. The van der Waals surface area contributed by atoms with Crippen LogP contribution in [0.1, 0.15) is 31.7 Å². The van der Waals surface area contributed by atoms with Gasteiger partial charge >= 0.3 is 0 Å². The van der Waals surface area contributed by atoms with Gasteiger partial charge in [-0.25, -0.2) is 0 Å². The van der Waals surface area contributed by atoms with Crippen LogP contribution in [-0.2, 0) is 15.1 Å². The lowest BCUT2D eigenvalue weighted by molar-refractivity contribution is -0.123. The Morgan fingerprint density at radius 3 is 2.63 bits per heavy atom. The summed E-state index contributed by atoms with van der Waals surface area (Å²) in [5, 5.41) is 6.05.